The Morgan fingerprint density at radius 3 is 1.83 bits per heavy atom. The van der Waals surface area contributed by atoms with Gasteiger partial charge in [0.25, 0.3) is 0 Å². The van der Waals surface area contributed by atoms with E-state index in [1.807, 2.05) is 6.92 Å². The molecular formula is C11H24O. The van der Waals surface area contributed by atoms with Gasteiger partial charge in [0.05, 0.1) is 5.60 Å². The summed E-state index contributed by atoms with van der Waals surface area (Å²) in [6.45, 7) is 12.6. The molecule has 0 fully saturated rings. The zero-order valence-electron chi connectivity index (χ0n) is 9.44. The van der Waals surface area contributed by atoms with E-state index in [1.54, 1.807) is 0 Å². The van der Waals surface area contributed by atoms with Gasteiger partial charge in [-0.2, -0.15) is 0 Å². The lowest BCUT2D eigenvalue weighted by molar-refractivity contribution is -0.0584. The molecule has 0 radical (unpaired) electrons. The maximum Gasteiger partial charge on any atom is 0.0670 e. The Labute approximate surface area is 77.2 Å². The fourth-order valence-electron chi connectivity index (χ4n) is 1.13. The summed E-state index contributed by atoms with van der Waals surface area (Å²) in [6.07, 6.45) is 2.04. The first-order chi connectivity index (χ1) is 5.20. The summed E-state index contributed by atoms with van der Waals surface area (Å²) >= 11 is 0. The first-order valence-corrected chi connectivity index (χ1v) is 4.93. The molecule has 0 saturated carbocycles. The van der Waals surface area contributed by atoms with Crippen LogP contribution in [0.15, 0.2) is 0 Å². The maximum absolute atomic E-state index is 10.2. The van der Waals surface area contributed by atoms with E-state index in [1.165, 1.54) is 0 Å². The van der Waals surface area contributed by atoms with Gasteiger partial charge in [-0.1, -0.05) is 41.0 Å². The van der Waals surface area contributed by atoms with Crippen molar-refractivity contribution in [3.05, 3.63) is 0 Å². The zero-order chi connectivity index (χ0) is 9.99. The summed E-state index contributed by atoms with van der Waals surface area (Å²) in [6, 6.07) is 0. The fourth-order valence-corrected chi connectivity index (χ4v) is 1.13. The average molecular weight is 172 g/mol. The molecule has 0 aliphatic carbocycles. The molecule has 0 saturated heterocycles. The van der Waals surface area contributed by atoms with Crippen LogP contribution in [0.5, 0.6) is 0 Å². The van der Waals surface area contributed by atoms with Crippen molar-refractivity contribution in [3.63, 3.8) is 0 Å². The number of hydrogen-bond acceptors (Lipinski definition) is 1. The van der Waals surface area contributed by atoms with Gasteiger partial charge in [-0.15, -0.1) is 0 Å². The van der Waals surface area contributed by atoms with E-state index < -0.39 is 5.60 Å². The van der Waals surface area contributed by atoms with Gasteiger partial charge in [0, 0.05) is 0 Å². The molecule has 12 heavy (non-hydrogen) atoms. The standard InChI is InChI=1S/C11H24O/c1-7-9(2)8-11(6,12)10(3,4)5/h9,12H,7-8H2,1-6H3/t9-,11-/m0/s1. The molecule has 1 nitrogen and oxygen atoms in total. The van der Waals surface area contributed by atoms with E-state index in [4.69, 9.17) is 0 Å². The smallest absolute Gasteiger partial charge is 0.0670 e. The minimum absolute atomic E-state index is 0.0174. The van der Waals surface area contributed by atoms with Gasteiger partial charge >= 0.3 is 0 Å². The molecule has 1 N–H and O–H groups in total. The van der Waals surface area contributed by atoms with Crippen LogP contribution in [-0.4, -0.2) is 10.7 Å². The Morgan fingerprint density at radius 1 is 1.17 bits per heavy atom. The van der Waals surface area contributed by atoms with Crippen molar-refractivity contribution >= 4 is 0 Å². The predicted octanol–water partition coefficient (Wildman–Crippen LogP) is 3.22. The monoisotopic (exact) mass is 172 g/mol. The molecule has 0 spiro atoms. The highest BCUT2D eigenvalue weighted by atomic mass is 16.3. The molecule has 0 unspecified atom stereocenters. The van der Waals surface area contributed by atoms with E-state index in [9.17, 15) is 5.11 Å². The van der Waals surface area contributed by atoms with Crippen molar-refractivity contribution < 1.29 is 5.11 Å². The van der Waals surface area contributed by atoms with Crippen LogP contribution in [-0.2, 0) is 0 Å². The van der Waals surface area contributed by atoms with E-state index in [2.05, 4.69) is 34.6 Å². The normalized spacial score (nSPS) is 20.2. The van der Waals surface area contributed by atoms with Crippen LogP contribution in [0.1, 0.15) is 54.4 Å². The van der Waals surface area contributed by atoms with E-state index in [-0.39, 0.29) is 5.41 Å². The van der Waals surface area contributed by atoms with Crippen LogP contribution in [0.2, 0.25) is 0 Å². The molecule has 74 valence electrons. The molecule has 0 aromatic rings. The van der Waals surface area contributed by atoms with Crippen molar-refractivity contribution in [2.24, 2.45) is 11.3 Å². The molecule has 0 rings (SSSR count). The highest BCUT2D eigenvalue weighted by Gasteiger charge is 2.35. The predicted molar refractivity (Wildman–Crippen MR) is 54.2 cm³/mol. The van der Waals surface area contributed by atoms with Gasteiger partial charge in [-0.3, -0.25) is 0 Å². The van der Waals surface area contributed by atoms with Crippen LogP contribution < -0.4 is 0 Å². The molecular weight excluding hydrogens is 148 g/mol. The second-order valence-electron chi connectivity index (χ2n) is 5.24. The third-order valence-corrected chi connectivity index (χ3v) is 3.06. The van der Waals surface area contributed by atoms with E-state index in [0.29, 0.717) is 5.92 Å². The molecule has 0 amide bonds. The van der Waals surface area contributed by atoms with E-state index >= 15 is 0 Å². The Morgan fingerprint density at radius 2 is 1.58 bits per heavy atom. The van der Waals surface area contributed by atoms with E-state index in [0.717, 1.165) is 12.8 Å². The lowest BCUT2D eigenvalue weighted by atomic mass is 9.73. The molecule has 0 aliphatic heterocycles. The van der Waals surface area contributed by atoms with Crippen LogP contribution in [0.3, 0.4) is 0 Å². The zero-order valence-corrected chi connectivity index (χ0v) is 9.44. The van der Waals surface area contributed by atoms with Crippen LogP contribution >= 0.6 is 0 Å². The highest BCUT2D eigenvalue weighted by Crippen LogP contribution is 2.35. The molecule has 0 aromatic carbocycles. The second kappa shape index (κ2) is 3.78. The minimum atomic E-state index is -0.539. The van der Waals surface area contributed by atoms with Crippen molar-refractivity contribution in [2.45, 2.75) is 60.0 Å². The van der Waals surface area contributed by atoms with Gasteiger partial charge in [-0.25, -0.2) is 0 Å². The van der Waals surface area contributed by atoms with Crippen LogP contribution in [0.25, 0.3) is 0 Å². The van der Waals surface area contributed by atoms with Crippen LogP contribution in [0.4, 0.5) is 0 Å². The lowest BCUT2D eigenvalue weighted by Gasteiger charge is -2.38. The van der Waals surface area contributed by atoms with Gasteiger partial charge in [0.1, 0.15) is 0 Å². The molecule has 0 aliphatic rings. The van der Waals surface area contributed by atoms with Gasteiger partial charge < -0.3 is 5.11 Å². The number of hydrogen-bond donors (Lipinski definition) is 1. The Kier molecular flexibility index (Phi) is 3.77. The first-order valence-electron chi connectivity index (χ1n) is 4.93. The number of rotatable bonds is 3. The summed E-state index contributed by atoms with van der Waals surface area (Å²) in [5.41, 5.74) is -0.557. The van der Waals surface area contributed by atoms with Gasteiger partial charge in [-0.05, 0) is 24.7 Å². The largest absolute Gasteiger partial charge is 0.390 e. The first kappa shape index (κ1) is 12.0. The summed E-state index contributed by atoms with van der Waals surface area (Å²) < 4.78 is 0. The van der Waals surface area contributed by atoms with Crippen molar-refractivity contribution in [1.29, 1.82) is 0 Å². The van der Waals surface area contributed by atoms with Gasteiger partial charge in [0.2, 0.25) is 0 Å². The Balaban J connectivity index is 4.22. The third kappa shape index (κ3) is 3.14. The Hall–Kier alpha value is -0.0400. The minimum Gasteiger partial charge on any atom is -0.390 e. The van der Waals surface area contributed by atoms with Crippen molar-refractivity contribution in [3.8, 4) is 0 Å². The topological polar surface area (TPSA) is 20.2 Å². The molecule has 1 heteroatoms. The summed E-state index contributed by atoms with van der Waals surface area (Å²) in [4.78, 5) is 0. The van der Waals surface area contributed by atoms with Crippen molar-refractivity contribution in [1.82, 2.24) is 0 Å². The molecule has 2 atom stereocenters. The fraction of sp³-hybridized carbons (Fsp3) is 1.00. The quantitative estimate of drug-likeness (QED) is 0.693. The summed E-state index contributed by atoms with van der Waals surface area (Å²) in [7, 11) is 0. The third-order valence-electron chi connectivity index (χ3n) is 3.06. The second-order valence-corrected chi connectivity index (χ2v) is 5.24. The summed E-state index contributed by atoms with van der Waals surface area (Å²) in [5.74, 6) is 0.610. The maximum atomic E-state index is 10.2. The molecule has 0 heterocycles. The summed E-state index contributed by atoms with van der Waals surface area (Å²) in [5, 5.41) is 10.2. The van der Waals surface area contributed by atoms with Crippen molar-refractivity contribution in [2.75, 3.05) is 0 Å². The SMILES string of the molecule is CC[C@H](C)C[C@](C)(O)C(C)(C)C. The van der Waals surface area contributed by atoms with Gasteiger partial charge in [0.15, 0.2) is 0 Å². The average Bonchev–Trinajstić information content (AvgIpc) is 1.84. The molecule has 0 bridgehead atoms. The van der Waals surface area contributed by atoms with Crippen LogP contribution in [0, 0.1) is 11.3 Å². The lowest BCUT2D eigenvalue weighted by Crippen LogP contribution is -2.41. The highest BCUT2D eigenvalue weighted by molar-refractivity contribution is 4.87. The Bertz CT molecular complexity index is 130. The number of aliphatic hydroxyl groups is 1. The molecule has 0 aromatic heterocycles.